The summed E-state index contributed by atoms with van der Waals surface area (Å²) in [6, 6.07) is 12.3. The summed E-state index contributed by atoms with van der Waals surface area (Å²) in [5, 5.41) is 10.8. The molecule has 0 bridgehead atoms. The minimum absolute atomic E-state index is 0.796. The molecule has 5 heterocycles. The average Bonchev–Trinajstić information content (AvgIpc) is 3.55. The maximum Gasteiger partial charge on any atom is 0.135 e. The number of allylic oxidation sites excluding steroid dienone is 5. The van der Waals surface area contributed by atoms with Crippen molar-refractivity contribution in [1.29, 1.82) is 0 Å². The highest BCUT2D eigenvalue weighted by molar-refractivity contribution is 7.13. The summed E-state index contributed by atoms with van der Waals surface area (Å²) in [4.78, 5) is 14.2. The first-order valence-electron chi connectivity index (χ1n) is 10.0. The van der Waals surface area contributed by atoms with Gasteiger partial charge in [-0.2, -0.15) is 5.10 Å². The Bertz CT molecular complexity index is 1460. The predicted octanol–water partition coefficient (Wildman–Crippen LogP) is 6.77. The van der Waals surface area contributed by atoms with Gasteiger partial charge >= 0.3 is 0 Å². The van der Waals surface area contributed by atoms with E-state index < -0.39 is 0 Å². The third kappa shape index (κ3) is 3.41. The second-order valence-electron chi connectivity index (χ2n) is 7.28. The first-order valence-corrected chi connectivity index (χ1v) is 10.9. The predicted molar refractivity (Wildman–Crippen MR) is 130 cm³/mol. The summed E-state index contributed by atoms with van der Waals surface area (Å²) < 4.78 is 0. The highest BCUT2D eigenvalue weighted by atomic mass is 32.1. The number of thiophene rings is 1. The minimum Gasteiger partial charge on any atom is -0.353 e. The lowest BCUT2D eigenvalue weighted by atomic mass is 10.1. The molecule has 0 aliphatic heterocycles. The fourth-order valence-electron chi connectivity index (χ4n) is 3.65. The molecule has 5 aromatic heterocycles. The zero-order chi connectivity index (χ0) is 21.4. The molecule has 2 N–H and O–H groups in total. The number of H-pyrrole nitrogens is 2. The van der Waals surface area contributed by atoms with Gasteiger partial charge in [0.25, 0.3) is 0 Å². The largest absolute Gasteiger partial charge is 0.353 e. The Morgan fingerprint density at radius 2 is 2.03 bits per heavy atom. The number of aromatic amines is 2. The normalized spacial score (nSPS) is 12.7. The molecule has 0 atom stereocenters. The van der Waals surface area contributed by atoms with Gasteiger partial charge in [-0.1, -0.05) is 36.4 Å². The van der Waals surface area contributed by atoms with E-state index in [1.54, 1.807) is 11.3 Å². The van der Waals surface area contributed by atoms with Crippen molar-refractivity contribution in [2.24, 2.45) is 0 Å². The summed E-state index contributed by atoms with van der Waals surface area (Å²) in [6.45, 7) is 7.89. The first-order chi connectivity index (χ1) is 15.2. The molecule has 0 amide bonds. The zero-order valence-corrected chi connectivity index (χ0v) is 18.1. The Morgan fingerprint density at radius 3 is 2.81 bits per heavy atom. The van der Waals surface area contributed by atoms with Crippen LogP contribution in [0.1, 0.15) is 19.5 Å². The molecule has 0 aliphatic carbocycles. The van der Waals surface area contributed by atoms with Crippen LogP contribution in [0.3, 0.4) is 0 Å². The summed E-state index contributed by atoms with van der Waals surface area (Å²) in [5.74, 6) is 0. The lowest BCUT2D eigenvalue weighted by Crippen LogP contribution is -1.89. The Morgan fingerprint density at radius 1 is 1.13 bits per heavy atom. The molecule has 0 saturated heterocycles. The van der Waals surface area contributed by atoms with Crippen LogP contribution in [0.25, 0.3) is 49.5 Å². The molecule has 5 rings (SSSR count). The van der Waals surface area contributed by atoms with Crippen LogP contribution in [0.5, 0.6) is 0 Å². The smallest absolute Gasteiger partial charge is 0.135 e. The van der Waals surface area contributed by atoms with Gasteiger partial charge in [-0.25, -0.2) is 4.98 Å². The van der Waals surface area contributed by atoms with Gasteiger partial charge in [-0.05, 0) is 55.1 Å². The molecule has 0 unspecified atom stereocenters. The lowest BCUT2D eigenvalue weighted by Gasteiger charge is -2.03. The van der Waals surface area contributed by atoms with Gasteiger partial charge in [-0.15, -0.1) is 11.3 Å². The molecule has 0 radical (unpaired) electrons. The summed E-state index contributed by atoms with van der Waals surface area (Å²) in [5.41, 5.74) is 8.48. The van der Waals surface area contributed by atoms with E-state index in [1.165, 1.54) is 0 Å². The van der Waals surface area contributed by atoms with Crippen molar-refractivity contribution < 1.29 is 0 Å². The summed E-state index contributed by atoms with van der Waals surface area (Å²) in [7, 11) is 0. The Labute approximate surface area is 183 Å². The summed E-state index contributed by atoms with van der Waals surface area (Å²) in [6.07, 6.45) is 7.82. The molecule has 152 valence electrons. The van der Waals surface area contributed by atoms with Crippen LogP contribution in [0.4, 0.5) is 0 Å². The van der Waals surface area contributed by atoms with E-state index in [0.29, 0.717) is 0 Å². The van der Waals surface area contributed by atoms with E-state index in [0.717, 1.165) is 60.7 Å². The van der Waals surface area contributed by atoms with Crippen LogP contribution in [-0.4, -0.2) is 25.1 Å². The molecular formula is C25H21N5S. The fourth-order valence-corrected chi connectivity index (χ4v) is 4.38. The SMILES string of the molecule is C=C/C(C)=C\C(=C/C)c1ccc2[nH]nc(-c3cc4c(-c5cccs5)nccc4[nH]3)c2n1. The molecule has 6 heteroatoms. The molecule has 0 aromatic carbocycles. The monoisotopic (exact) mass is 423 g/mol. The number of pyridine rings is 2. The number of nitrogens with zero attached hydrogens (tertiary/aromatic N) is 3. The van der Waals surface area contributed by atoms with Gasteiger partial charge in [0.15, 0.2) is 0 Å². The second-order valence-corrected chi connectivity index (χ2v) is 8.23. The lowest BCUT2D eigenvalue weighted by molar-refractivity contribution is 1.12. The molecule has 0 spiro atoms. The van der Waals surface area contributed by atoms with Gasteiger partial charge < -0.3 is 4.98 Å². The van der Waals surface area contributed by atoms with E-state index in [-0.39, 0.29) is 0 Å². The second kappa shape index (κ2) is 7.81. The Balaban J connectivity index is 1.65. The highest BCUT2D eigenvalue weighted by Gasteiger charge is 2.16. The quantitative estimate of drug-likeness (QED) is 0.307. The maximum absolute atomic E-state index is 4.94. The van der Waals surface area contributed by atoms with E-state index in [9.17, 15) is 0 Å². The highest BCUT2D eigenvalue weighted by Crippen LogP contribution is 2.34. The van der Waals surface area contributed by atoms with Gasteiger partial charge in [0, 0.05) is 17.1 Å². The molecule has 0 saturated carbocycles. The van der Waals surface area contributed by atoms with Crippen molar-refractivity contribution in [3.8, 4) is 22.0 Å². The summed E-state index contributed by atoms with van der Waals surface area (Å²) >= 11 is 1.69. The van der Waals surface area contributed by atoms with Crippen molar-refractivity contribution in [1.82, 2.24) is 25.1 Å². The van der Waals surface area contributed by atoms with Crippen LogP contribution < -0.4 is 0 Å². The van der Waals surface area contributed by atoms with Crippen LogP contribution in [0.2, 0.25) is 0 Å². The maximum atomic E-state index is 4.94. The molecular weight excluding hydrogens is 402 g/mol. The Hall–Kier alpha value is -3.77. The number of aromatic nitrogens is 5. The fraction of sp³-hybridized carbons (Fsp3) is 0.0800. The van der Waals surface area contributed by atoms with E-state index in [4.69, 9.17) is 4.98 Å². The number of fused-ring (bicyclic) bond motifs is 2. The Kier molecular flexibility index (Phi) is 4.84. The van der Waals surface area contributed by atoms with E-state index >= 15 is 0 Å². The standard InChI is InChI=1S/C25H21N5S/c1-4-15(3)13-16(5-2)18-8-9-20-24(28-18)25(30-29-20)21-14-17-19(27-21)10-11-26-23(17)22-7-6-12-31-22/h4-14,27H,1H2,2-3H3,(H,29,30)/b15-13-,16-5+. The molecule has 5 nitrogen and oxygen atoms in total. The molecule has 0 fully saturated rings. The topological polar surface area (TPSA) is 70.2 Å². The van der Waals surface area contributed by atoms with Crippen molar-refractivity contribution in [3.05, 3.63) is 84.0 Å². The van der Waals surface area contributed by atoms with Crippen molar-refractivity contribution in [2.45, 2.75) is 13.8 Å². The van der Waals surface area contributed by atoms with Crippen LogP contribution in [-0.2, 0) is 0 Å². The number of rotatable bonds is 5. The van der Waals surface area contributed by atoms with E-state index in [1.807, 2.05) is 50.4 Å². The van der Waals surface area contributed by atoms with Crippen molar-refractivity contribution >= 4 is 38.8 Å². The first kappa shape index (κ1) is 19.2. The number of hydrogen-bond donors (Lipinski definition) is 2. The molecule has 31 heavy (non-hydrogen) atoms. The minimum atomic E-state index is 0.796. The van der Waals surface area contributed by atoms with Gasteiger partial charge in [0.1, 0.15) is 11.2 Å². The number of hydrogen-bond acceptors (Lipinski definition) is 4. The average molecular weight is 424 g/mol. The van der Waals surface area contributed by atoms with E-state index in [2.05, 4.69) is 56.4 Å². The van der Waals surface area contributed by atoms with Crippen LogP contribution in [0.15, 0.2) is 78.4 Å². The third-order valence-electron chi connectivity index (χ3n) is 5.28. The van der Waals surface area contributed by atoms with Crippen molar-refractivity contribution in [3.63, 3.8) is 0 Å². The zero-order valence-electron chi connectivity index (χ0n) is 17.3. The van der Waals surface area contributed by atoms with Gasteiger partial charge in [0.2, 0.25) is 0 Å². The van der Waals surface area contributed by atoms with Crippen molar-refractivity contribution in [2.75, 3.05) is 0 Å². The third-order valence-corrected chi connectivity index (χ3v) is 6.15. The van der Waals surface area contributed by atoms with Crippen LogP contribution >= 0.6 is 11.3 Å². The van der Waals surface area contributed by atoms with Crippen LogP contribution in [0, 0.1) is 0 Å². The molecule has 5 aromatic rings. The van der Waals surface area contributed by atoms with Gasteiger partial charge in [0.05, 0.1) is 27.5 Å². The number of nitrogens with one attached hydrogen (secondary N) is 2. The van der Waals surface area contributed by atoms with Gasteiger partial charge in [-0.3, -0.25) is 10.1 Å². The molecule has 0 aliphatic rings.